The molecule has 7 heteroatoms. The minimum absolute atomic E-state index is 0.141. The van der Waals surface area contributed by atoms with E-state index in [-0.39, 0.29) is 5.91 Å². The fourth-order valence-corrected chi connectivity index (χ4v) is 3.48. The molecule has 0 atom stereocenters. The van der Waals surface area contributed by atoms with Gasteiger partial charge in [0.05, 0.1) is 12.3 Å². The van der Waals surface area contributed by atoms with Crippen LogP contribution in [0.25, 0.3) is 10.8 Å². The van der Waals surface area contributed by atoms with Gasteiger partial charge in [-0.25, -0.2) is 15.0 Å². The number of thiazole rings is 1. The number of rotatable bonds is 7. The highest BCUT2D eigenvalue weighted by Crippen LogP contribution is 2.25. The highest BCUT2D eigenvalue weighted by atomic mass is 32.1. The number of amides is 1. The monoisotopic (exact) mass is 382 g/mol. The molecule has 6 nitrogen and oxygen atoms in total. The second-order valence-electron chi connectivity index (χ2n) is 6.13. The van der Waals surface area contributed by atoms with Gasteiger partial charge in [0.2, 0.25) is 0 Å². The first-order valence-corrected chi connectivity index (χ1v) is 9.65. The summed E-state index contributed by atoms with van der Waals surface area (Å²) in [7, 11) is 0. The summed E-state index contributed by atoms with van der Waals surface area (Å²) in [6.45, 7) is 7.07. The zero-order valence-electron chi connectivity index (χ0n) is 15.7. The Labute approximate surface area is 162 Å². The molecule has 0 radical (unpaired) electrons. The Hall–Kier alpha value is -2.80. The Morgan fingerprint density at radius 1 is 1.22 bits per heavy atom. The van der Waals surface area contributed by atoms with Gasteiger partial charge in [0.15, 0.2) is 10.8 Å². The van der Waals surface area contributed by atoms with Gasteiger partial charge >= 0.3 is 0 Å². The normalized spacial score (nSPS) is 10.6. The molecule has 3 aromatic rings. The van der Waals surface area contributed by atoms with Crippen molar-refractivity contribution in [2.45, 2.75) is 33.7 Å². The molecule has 0 fully saturated rings. The molecule has 1 aromatic carbocycles. The smallest absolute Gasteiger partial charge is 0.263 e. The largest absolute Gasteiger partial charge is 0.494 e. The van der Waals surface area contributed by atoms with Gasteiger partial charge in [-0.1, -0.05) is 13.0 Å². The van der Waals surface area contributed by atoms with Gasteiger partial charge in [0, 0.05) is 18.9 Å². The van der Waals surface area contributed by atoms with E-state index < -0.39 is 0 Å². The van der Waals surface area contributed by atoms with Gasteiger partial charge in [0.1, 0.15) is 10.6 Å². The van der Waals surface area contributed by atoms with Crippen molar-refractivity contribution in [3.8, 4) is 16.6 Å². The maximum Gasteiger partial charge on any atom is 0.263 e. The zero-order chi connectivity index (χ0) is 19.2. The zero-order valence-corrected chi connectivity index (χ0v) is 16.5. The quantitative estimate of drug-likeness (QED) is 0.670. The van der Waals surface area contributed by atoms with Gasteiger partial charge in [0.25, 0.3) is 5.91 Å². The van der Waals surface area contributed by atoms with Gasteiger partial charge in [-0.2, -0.15) is 0 Å². The lowest BCUT2D eigenvalue weighted by atomic mass is 10.1. The van der Waals surface area contributed by atoms with Crippen LogP contribution in [-0.4, -0.2) is 27.5 Å². The van der Waals surface area contributed by atoms with Gasteiger partial charge < -0.3 is 10.1 Å². The number of benzene rings is 1. The van der Waals surface area contributed by atoms with Crippen LogP contribution in [-0.2, 0) is 6.54 Å². The standard InChI is InChI=1S/C20H22N4O2S/c1-4-10-26-16-7-6-15(13(2)11-16)12-23-19(25)17-14(3)24-20(27-17)18-21-8-5-9-22-18/h5-9,11H,4,10,12H2,1-3H3,(H,23,25). The Balaban J connectivity index is 1.67. The molecule has 2 heterocycles. The number of carbonyl (C=O) groups excluding carboxylic acids is 1. The summed E-state index contributed by atoms with van der Waals surface area (Å²) in [5.41, 5.74) is 2.82. The van der Waals surface area contributed by atoms with E-state index in [0.717, 1.165) is 23.3 Å². The number of hydrogen-bond acceptors (Lipinski definition) is 6. The van der Waals surface area contributed by atoms with Gasteiger partial charge in [-0.15, -0.1) is 11.3 Å². The van der Waals surface area contributed by atoms with Crippen molar-refractivity contribution in [3.63, 3.8) is 0 Å². The van der Waals surface area contributed by atoms with Crippen LogP contribution in [0, 0.1) is 13.8 Å². The first-order chi connectivity index (χ1) is 13.1. The predicted molar refractivity (Wildman–Crippen MR) is 106 cm³/mol. The van der Waals surface area contributed by atoms with Crippen molar-refractivity contribution >= 4 is 17.2 Å². The first-order valence-electron chi connectivity index (χ1n) is 8.83. The summed E-state index contributed by atoms with van der Waals surface area (Å²) >= 11 is 1.30. The predicted octanol–water partition coefficient (Wildman–Crippen LogP) is 3.94. The fraction of sp³-hybridized carbons (Fsp3) is 0.300. The second kappa shape index (κ2) is 8.73. The molecule has 3 rings (SSSR count). The van der Waals surface area contributed by atoms with Crippen molar-refractivity contribution in [2.75, 3.05) is 6.61 Å². The van der Waals surface area contributed by atoms with Crippen molar-refractivity contribution in [1.29, 1.82) is 0 Å². The number of aromatic nitrogens is 3. The average molecular weight is 382 g/mol. The van der Waals surface area contributed by atoms with E-state index in [0.29, 0.717) is 34.6 Å². The van der Waals surface area contributed by atoms with Gasteiger partial charge in [-0.3, -0.25) is 4.79 Å². The maximum absolute atomic E-state index is 12.6. The van der Waals surface area contributed by atoms with Crippen LogP contribution in [0.4, 0.5) is 0 Å². The Morgan fingerprint density at radius 3 is 2.70 bits per heavy atom. The third-order valence-corrected chi connectivity index (χ3v) is 5.14. The molecule has 2 aromatic heterocycles. The molecule has 1 amide bonds. The molecular formula is C20H22N4O2S. The highest BCUT2D eigenvalue weighted by Gasteiger charge is 2.17. The van der Waals surface area contributed by atoms with Crippen LogP contribution in [0.3, 0.4) is 0 Å². The molecule has 0 spiro atoms. The van der Waals surface area contributed by atoms with E-state index in [1.165, 1.54) is 11.3 Å². The highest BCUT2D eigenvalue weighted by molar-refractivity contribution is 7.17. The molecule has 0 aliphatic rings. The number of aryl methyl sites for hydroxylation is 2. The Bertz CT molecular complexity index is 925. The van der Waals surface area contributed by atoms with Crippen LogP contribution in [0.2, 0.25) is 0 Å². The van der Waals surface area contributed by atoms with Crippen molar-refractivity contribution in [1.82, 2.24) is 20.3 Å². The van der Waals surface area contributed by atoms with Crippen LogP contribution in [0.1, 0.15) is 39.8 Å². The van der Waals surface area contributed by atoms with E-state index in [1.54, 1.807) is 18.5 Å². The second-order valence-corrected chi connectivity index (χ2v) is 7.12. The molecule has 27 heavy (non-hydrogen) atoms. The summed E-state index contributed by atoms with van der Waals surface area (Å²) in [6, 6.07) is 7.68. The molecule has 0 saturated heterocycles. The number of nitrogens with zero attached hydrogens (tertiary/aromatic N) is 3. The van der Waals surface area contributed by atoms with Crippen LogP contribution in [0.5, 0.6) is 5.75 Å². The summed E-state index contributed by atoms with van der Waals surface area (Å²) in [6.07, 6.45) is 4.30. The van der Waals surface area contributed by atoms with E-state index in [1.807, 2.05) is 32.0 Å². The topological polar surface area (TPSA) is 77.0 Å². The van der Waals surface area contributed by atoms with Crippen molar-refractivity contribution < 1.29 is 9.53 Å². The van der Waals surface area contributed by atoms with Crippen LogP contribution < -0.4 is 10.1 Å². The van der Waals surface area contributed by atoms with E-state index in [9.17, 15) is 4.79 Å². The molecule has 0 aliphatic carbocycles. The van der Waals surface area contributed by atoms with Crippen molar-refractivity contribution in [2.24, 2.45) is 0 Å². The Morgan fingerprint density at radius 2 is 2.00 bits per heavy atom. The lowest BCUT2D eigenvalue weighted by molar-refractivity contribution is 0.0954. The lowest BCUT2D eigenvalue weighted by Gasteiger charge is -2.10. The molecule has 0 saturated carbocycles. The minimum Gasteiger partial charge on any atom is -0.494 e. The molecule has 0 bridgehead atoms. The summed E-state index contributed by atoms with van der Waals surface area (Å²) in [5, 5.41) is 3.62. The number of hydrogen-bond donors (Lipinski definition) is 1. The van der Waals surface area contributed by atoms with E-state index in [2.05, 4.69) is 27.2 Å². The molecule has 0 aliphatic heterocycles. The minimum atomic E-state index is -0.141. The molecular weight excluding hydrogens is 360 g/mol. The van der Waals surface area contributed by atoms with E-state index >= 15 is 0 Å². The number of nitrogens with one attached hydrogen (secondary N) is 1. The fourth-order valence-electron chi connectivity index (χ4n) is 2.54. The lowest BCUT2D eigenvalue weighted by Crippen LogP contribution is -2.23. The van der Waals surface area contributed by atoms with Crippen molar-refractivity contribution in [3.05, 3.63) is 58.4 Å². The van der Waals surface area contributed by atoms with Gasteiger partial charge in [-0.05, 0) is 49.6 Å². The van der Waals surface area contributed by atoms with Crippen LogP contribution >= 0.6 is 11.3 Å². The summed E-state index contributed by atoms with van der Waals surface area (Å²) < 4.78 is 5.64. The Kier molecular flexibility index (Phi) is 6.13. The van der Waals surface area contributed by atoms with Crippen LogP contribution in [0.15, 0.2) is 36.7 Å². The first kappa shape index (κ1) is 19.0. The molecule has 140 valence electrons. The average Bonchev–Trinajstić information content (AvgIpc) is 3.08. The molecule has 0 unspecified atom stereocenters. The maximum atomic E-state index is 12.6. The van der Waals surface area contributed by atoms with E-state index in [4.69, 9.17) is 4.74 Å². The molecule has 1 N–H and O–H groups in total. The summed E-state index contributed by atoms with van der Waals surface area (Å²) in [4.78, 5) is 26.0. The number of carbonyl (C=O) groups is 1. The third-order valence-electron chi connectivity index (χ3n) is 3.99. The third kappa shape index (κ3) is 4.68. The summed E-state index contributed by atoms with van der Waals surface area (Å²) in [5.74, 6) is 1.25. The SMILES string of the molecule is CCCOc1ccc(CNC(=O)c2sc(-c3ncccn3)nc2C)c(C)c1. The number of ether oxygens (including phenoxy) is 1.